The van der Waals surface area contributed by atoms with Crippen LogP contribution in [0.1, 0.15) is 33.6 Å². The summed E-state index contributed by atoms with van der Waals surface area (Å²) in [5, 5.41) is 17.6. The van der Waals surface area contributed by atoms with E-state index in [0.717, 1.165) is 6.42 Å². The van der Waals surface area contributed by atoms with E-state index in [1.807, 2.05) is 6.07 Å². The summed E-state index contributed by atoms with van der Waals surface area (Å²) in [6.07, 6.45) is 1.47. The lowest BCUT2D eigenvalue weighted by Crippen LogP contribution is -2.21. The van der Waals surface area contributed by atoms with E-state index in [9.17, 15) is 5.11 Å². The van der Waals surface area contributed by atoms with Crippen molar-refractivity contribution >= 4 is 0 Å². The zero-order chi connectivity index (χ0) is 8.20. The van der Waals surface area contributed by atoms with Crippen LogP contribution in [0.2, 0.25) is 0 Å². The lowest BCUT2D eigenvalue weighted by Gasteiger charge is -2.14. The van der Waals surface area contributed by atoms with E-state index >= 15 is 0 Å². The summed E-state index contributed by atoms with van der Waals surface area (Å²) in [7, 11) is 0. The van der Waals surface area contributed by atoms with Gasteiger partial charge in [-0.2, -0.15) is 5.26 Å². The Morgan fingerprint density at radius 1 is 1.60 bits per heavy atom. The largest absolute Gasteiger partial charge is 0.376 e. The van der Waals surface area contributed by atoms with E-state index in [-0.39, 0.29) is 0 Å². The van der Waals surface area contributed by atoms with Crippen LogP contribution in [-0.4, -0.2) is 10.7 Å². The minimum absolute atomic E-state index is 0.555. The molecule has 0 rings (SSSR count). The summed E-state index contributed by atoms with van der Waals surface area (Å²) >= 11 is 0. The standard InChI is InChI=1S/C8H15NO/c1-7(2)4-5-8(3,10)6-9/h7,10H,4-5H2,1-3H3/t8-/m0/s1. The Kier molecular flexibility index (Phi) is 3.38. The summed E-state index contributed by atoms with van der Waals surface area (Å²) in [6, 6.07) is 1.85. The second kappa shape index (κ2) is 3.58. The second-order valence-electron chi connectivity index (χ2n) is 3.32. The molecule has 2 heteroatoms. The minimum Gasteiger partial charge on any atom is -0.376 e. The van der Waals surface area contributed by atoms with Crippen molar-refractivity contribution in [2.24, 2.45) is 5.92 Å². The third kappa shape index (κ3) is 4.34. The first-order chi connectivity index (χ1) is 4.48. The second-order valence-corrected chi connectivity index (χ2v) is 3.32. The van der Waals surface area contributed by atoms with Gasteiger partial charge < -0.3 is 5.11 Å². The first-order valence-corrected chi connectivity index (χ1v) is 3.61. The first-order valence-electron chi connectivity index (χ1n) is 3.61. The van der Waals surface area contributed by atoms with Gasteiger partial charge in [-0.15, -0.1) is 0 Å². The van der Waals surface area contributed by atoms with E-state index in [1.165, 1.54) is 0 Å². The van der Waals surface area contributed by atoms with E-state index in [2.05, 4.69) is 13.8 Å². The van der Waals surface area contributed by atoms with Crippen molar-refractivity contribution in [1.82, 2.24) is 0 Å². The molecule has 58 valence electrons. The fourth-order valence-corrected chi connectivity index (χ4v) is 0.626. The van der Waals surface area contributed by atoms with Gasteiger partial charge in [0, 0.05) is 0 Å². The lowest BCUT2D eigenvalue weighted by molar-refractivity contribution is 0.103. The minimum atomic E-state index is -1.12. The van der Waals surface area contributed by atoms with Gasteiger partial charge in [0.2, 0.25) is 0 Å². The molecule has 0 spiro atoms. The molecule has 0 unspecified atom stereocenters. The third-order valence-corrected chi connectivity index (χ3v) is 1.45. The molecule has 0 saturated heterocycles. The molecule has 0 amide bonds. The van der Waals surface area contributed by atoms with Gasteiger partial charge in [0.25, 0.3) is 0 Å². The summed E-state index contributed by atoms with van der Waals surface area (Å²) in [5.41, 5.74) is -1.12. The van der Waals surface area contributed by atoms with Gasteiger partial charge in [-0.1, -0.05) is 13.8 Å². The highest BCUT2D eigenvalue weighted by Crippen LogP contribution is 2.14. The first kappa shape index (κ1) is 9.45. The van der Waals surface area contributed by atoms with Gasteiger partial charge >= 0.3 is 0 Å². The smallest absolute Gasteiger partial charge is 0.148 e. The maximum atomic E-state index is 9.21. The molecule has 10 heavy (non-hydrogen) atoms. The van der Waals surface area contributed by atoms with Crippen LogP contribution in [-0.2, 0) is 0 Å². The Morgan fingerprint density at radius 2 is 2.10 bits per heavy atom. The Bertz CT molecular complexity index is 133. The zero-order valence-electron chi connectivity index (χ0n) is 6.89. The van der Waals surface area contributed by atoms with Gasteiger partial charge in [-0.3, -0.25) is 0 Å². The van der Waals surface area contributed by atoms with Crippen LogP contribution >= 0.6 is 0 Å². The molecular formula is C8H15NO. The monoisotopic (exact) mass is 141 g/mol. The van der Waals surface area contributed by atoms with Crippen molar-refractivity contribution < 1.29 is 5.11 Å². The van der Waals surface area contributed by atoms with E-state index in [1.54, 1.807) is 6.92 Å². The average Bonchev–Trinajstić information content (AvgIpc) is 1.85. The summed E-state index contributed by atoms with van der Waals surface area (Å²) in [6.45, 7) is 5.70. The van der Waals surface area contributed by atoms with E-state index in [0.29, 0.717) is 12.3 Å². The fourth-order valence-electron chi connectivity index (χ4n) is 0.626. The molecule has 0 aromatic heterocycles. The van der Waals surface area contributed by atoms with Crippen LogP contribution in [0.5, 0.6) is 0 Å². The molecule has 0 aliphatic carbocycles. The van der Waals surface area contributed by atoms with Crippen molar-refractivity contribution in [3.05, 3.63) is 0 Å². The molecule has 0 heterocycles. The van der Waals surface area contributed by atoms with Gasteiger partial charge in [-0.25, -0.2) is 0 Å². The maximum absolute atomic E-state index is 9.21. The molecule has 0 bridgehead atoms. The molecule has 0 aromatic carbocycles. The Labute approximate surface area is 62.5 Å². The van der Waals surface area contributed by atoms with Gasteiger partial charge in [0.05, 0.1) is 6.07 Å². The molecule has 0 saturated carbocycles. The van der Waals surface area contributed by atoms with Crippen LogP contribution in [0.3, 0.4) is 0 Å². The highest BCUT2D eigenvalue weighted by atomic mass is 16.3. The molecule has 0 fully saturated rings. The van der Waals surface area contributed by atoms with Crippen LogP contribution < -0.4 is 0 Å². The molecule has 0 aromatic rings. The fraction of sp³-hybridized carbons (Fsp3) is 0.875. The van der Waals surface area contributed by atoms with Crippen LogP contribution in [0.25, 0.3) is 0 Å². The van der Waals surface area contributed by atoms with Gasteiger partial charge in [0.15, 0.2) is 0 Å². The molecular weight excluding hydrogens is 126 g/mol. The highest BCUT2D eigenvalue weighted by molar-refractivity contribution is 4.95. The van der Waals surface area contributed by atoms with Crippen LogP contribution in [0.4, 0.5) is 0 Å². The third-order valence-electron chi connectivity index (χ3n) is 1.45. The summed E-state index contributed by atoms with van der Waals surface area (Å²) < 4.78 is 0. The number of rotatable bonds is 3. The number of hydrogen-bond donors (Lipinski definition) is 1. The average molecular weight is 141 g/mol. The van der Waals surface area contributed by atoms with E-state index < -0.39 is 5.60 Å². The van der Waals surface area contributed by atoms with Crippen molar-refractivity contribution in [2.75, 3.05) is 0 Å². The number of nitrogens with zero attached hydrogens (tertiary/aromatic N) is 1. The van der Waals surface area contributed by atoms with Crippen molar-refractivity contribution in [3.8, 4) is 6.07 Å². The van der Waals surface area contributed by atoms with Crippen molar-refractivity contribution in [2.45, 2.75) is 39.2 Å². The van der Waals surface area contributed by atoms with Crippen molar-refractivity contribution in [3.63, 3.8) is 0 Å². The Hall–Kier alpha value is -0.550. The van der Waals surface area contributed by atoms with Crippen molar-refractivity contribution in [1.29, 1.82) is 5.26 Å². The molecule has 1 atom stereocenters. The van der Waals surface area contributed by atoms with Crippen LogP contribution in [0, 0.1) is 17.2 Å². The Balaban J connectivity index is 3.60. The topological polar surface area (TPSA) is 44.0 Å². The van der Waals surface area contributed by atoms with Gasteiger partial charge in [0.1, 0.15) is 5.60 Å². The number of hydrogen-bond acceptors (Lipinski definition) is 2. The van der Waals surface area contributed by atoms with Gasteiger partial charge in [-0.05, 0) is 25.7 Å². The normalized spacial score (nSPS) is 16.4. The predicted molar refractivity (Wildman–Crippen MR) is 40.3 cm³/mol. The number of nitriles is 1. The quantitative estimate of drug-likeness (QED) is 0.608. The molecule has 0 aliphatic rings. The molecule has 1 N–H and O–H groups in total. The molecule has 2 nitrogen and oxygen atoms in total. The summed E-state index contributed by atoms with van der Waals surface area (Å²) in [4.78, 5) is 0. The zero-order valence-corrected chi connectivity index (χ0v) is 6.89. The SMILES string of the molecule is CC(C)CC[C@](C)(O)C#N. The molecule has 0 radical (unpaired) electrons. The number of aliphatic hydroxyl groups is 1. The molecule has 0 aliphatic heterocycles. The lowest BCUT2D eigenvalue weighted by atomic mass is 9.97. The highest BCUT2D eigenvalue weighted by Gasteiger charge is 2.18. The van der Waals surface area contributed by atoms with Crippen LogP contribution in [0.15, 0.2) is 0 Å². The predicted octanol–water partition coefficient (Wildman–Crippen LogP) is 1.70. The Morgan fingerprint density at radius 3 is 2.40 bits per heavy atom. The maximum Gasteiger partial charge on any atom is 0.148 e. The van der Waals surface area contributed by atoms with E-state index in [4.69, 9.17) is 5.26 Å². The summed E-state index contributed by atoms with van der Waals surface area (Å²) in [5.74, 6) is 0.555.